The fourth-order valence-corrected chi connectivity index (χ4v) is 1.78. The van der Waals surface area contributed by atoms with Crippen LogP contribution in [-0.2, 0) is 16.0 Å². The van der Waals surface area contributed by atoms with Crippen molar-refractivity contribution in [2.45, 2.75) is 18.6 Å². The second-order valence-electron chi connectivity index (χ2n) is 4.27. The van der Waals surface area contributed by atoms with Crippen LogP contribution >= 0.6 is 24.8 Å². The van der Waals surface area contributed by atoms with E-state index in [2.05, 4.69) is 14.7 Å². The zero-order chi connectivity index (χ0) is 14.8. The highest BCUT2D eigenvalue weighted by Gasteiger charge is 2.30. The van der Waals surface area contributed by atoms with Gasteiger partial charge < -0.3 is 15.5 Å². The number of ether oxygens (including phenoxy) is 1. The van der Waals surface area contributed by atoms with Crippen molar-refractivity contribution in [2.75, 3.05) is 6.61 Å². The van der Waals surface area contributed by atoms with Gasteiger partial charge >= 0.3 is 12.1 Å². The number of esters is 1. The molecule has 1 atom stereocenters. The lowest BCUT2D eigenvalue weighted by molar-refractivity contribution is -0.187. The third-order valence-corrected chi connectivity index (χ3v) is 2.69. The summed E-state index contributed by atoms with van der Waals surface area (Å²) in [6, 6.07) is 0.582. The van der Waals surface area contributed by atoms with Gasteiger partial charge in [0, 0.05) is 24.2 Å². The van der Waals surface area contributed by atoms with Crippen LogP contribution in [0.2, 0.25) is 0 Å². The molecule has 0 aromatic carbocycles. The number of hydrogen-bond donors (Lipinski definition) is 2. The van der Waals surface area contributed by atoms with E-state index in [1.54, 1.807) is 24.7 Å². The summed E-state index contributed by atoms with van der Waals surface area (Å²) in [6.07, 6.45) is 0.352. The minimum Gasteiger partial charge on any atom is -0.455 e. The Morgan fingerprint density at radius 1 is 1.41 bits per heavy atom. The molecule has 0 radical (unpaired) electrons. The lowest BCUT2D eigenvalue weighted by Gasteiger charge is -2.12. The summed E-state index contributed by atoms with van der Waals surface area (Å²) in [7, 11) is 0. The van der Waals surface area contributed by atoms with Crippen molar-refractivity contribution >= 4 is 41.7 Å². The van der Waals surface area contributed by atoms with Crippen molar-refractivity contribution in [3.8, 4) is 0 Å². The number of pyridine rings is 1. The average Bonchev–Trinajstić information content (AvgIpc) is 2.78. The third-order valence-electron chi connectivity index (χ3n) is 2.69. The molecule has 2 heterocycles. The topological polar surface area (TPSA) is 81.0 Å². The van der Waals surface area contributed by atoms with Crippen LogP contribution in [0.5, 0.6) is 0 Å². The first-order valence-electron chi connectivity index (χ1n) is 5.76. The molecular formula is C12H14Cl2F3N3O2. The number of carbonyl (C=O) groups is 1. The van der Waals surface area contributed by atoms with E-state index >= 15 is 0 Å². The summed E-state index contributed by atoms with van der Waals surface area (Å²) in [4.78, 5) is 18.2. The van der Waals surface area contributed by atoms with Gasteiger partial charge in [-0.15, -0.1) is 24.8 Å². The van der Waals surface area contributed by atoms with Crippen LogP contribution in [0.25, 0.3) is 10.9 Å². The number of nitrogens with zero attached hydrogens (tertiary/aromatic N) is 1. The van der Waals surface area contributed by atoms with Gasteiger partial charge in [-0.2, -0.15) is 13.2 Å². The molecule has 0 unspecified atom stereocenters. The van der Waals surface area contributed by atoms with Crippen LogP contribution in [0.4, 0.5) is 13.2 Å². The van der Waals surface area contributed by atoms with E-state index in [0.717, 1.165) is 16.5 Å². The second-order valence-corrected chi connectivity index (χ2v) is 4.27. The third kappa shape index (κ3) is 5.36. The molecule has 0 saturated carbocycles. The minimum atomic E-state index is -4.55. The molecule has 0 amide bonds. The van der Waals surface area contributed by atoms with Gasteiger partial charge in [-0.25, -0.2) is 0 Å². The maximum atomic E-state index is 11.9. The Morgan fingerprint density at radius 2 is 2.09 bits per heavy atom. The number of aromatic amines is 1. The predicted octanol–water partition coefficient (Wildman–Crippen LogP) is 2.38. The van der Waals surface area contributed by atoms with E-state index < -0.39 is 24.8 Å². The summed E-state index contributed by atoms with van der Waals surface area (Å²) in [5, 5.41) is 0.819. The monoisotopic (exact) mass is 359 g/mol. The van der Waals surface area contributed by atoms with Crippen LogP contribution < -0.4 is 5.73 Å². The molecule has 10 heteroatoms. The standard InChI is InChI=1S/C12H12F3N3O2.2ClH/c13-12(14,15)6-20-11(19)9(16)3-7-4-18-10-5-17-2-1-8(7)10;;/h1-2,4-5,9,18H,3,6,16H2;2*1H/t9-;;/m0../s1. The highest BCUT2D eigenvalue weighted by Crippen LogP contribution is 2.19. The summed E-state index contributed by atoms with van der Waals surface area (Å²) >= 11 is 0. The number of aromatic nitrogens is 2. The highest BCUT2D eigenvalue weighted by molar-refractivity contribution is 5.85. The Bertz CT molecular complexity index is 619. The molecule has 0 aliphatic rings. The summed E-state index contributed by atoms with van der Waals surface area (Å²) < 4.78 is 39.9. The number of halogens is 5. The van der Waals surface area contributed by atoms with Crippen LogP contribution in [0.3, 0.4) is 0 Å². The molecular weight excluding hydrogens is 346 g/mol. The average molecular weight is 360 g/mol. The van der Waals surface area contributed by atoms with Gasteiger partial charge in [0.1, 0.15) is 6.04 Å². The van der Waals surface area contributed by atoms with E-state index in [1.807, 2.05) is 0 Å². The minimum absolute atomic E-state index is 0. The SMILES string of the molecule is Cl.Cl.N[C@@H](Cc1c[nH]c2cnccc12)C(=O)OCC(F)(F)F. The van der Waals surface area contributed by atoms with Crippen LogP contribution in [-0.4, -0.2) is 34.8 Å². The zero-order valence-corrected chi connectivity index (χ0v) is 12.7. The maximum Gasteiger partial charge on any atom is 0.422 e. The van der Waals surface area contributed by atoms with Gasteiger partial charge in [0.15, 0.2) is 6.61 Å². The van der Waals surface area contributed by atoms with Crippen LogP contribution in [0.1, 0.15) is 5.56 Å². The number of hydrogen-bond acceptors (Lipinski definition) is 4. The summed E-state index contributed by atoms with van der Waals surface area (Å²) in [5.74, 6) is -1.08. The molecule has 2 aromatic heterocycles. The molecule has 0 spiro atoms. The smallest absolute Gasteiger partial charge is 0.422 e. The number of nitrogens with two attached hydrogens (primary N) is 1. The molecule has 0 bridgehead atoms. The Labute approximate surface area is 136 Å². The first-order valence-corrected chi connectivity index (χ1v) is 5.76. The molecule has 0 aliphatic carbocycles. The van der Waals surface area contributed by atoms with Crippen LogP contribution in [0.15, 0.2) is 24.7 Å². The molecule has 0 saturated heterocycles. The lowest BCUT2D eigenvalue weighted by atomic mass is 10.1. The first-order chi connectivity index (χ1) is 9.37. The van der Waals surface area contributed by atoms with E-state index in [1.165, 1.54) is 0 Å². The number of carbonyl (C=O) groups excluding carboxylic acids is 1. The molecule has 2 rings (SSSR count). The summed E-state index contributed by atoms with van der Waals surface area (Å²) in [5.41, 5.74) is 7.04. The van der Waals surface area contributed by atoms with Crippen molar-refractivity contribution in [1.29, 1.82) is 0 Å². The highest BCUT2D eigenvalue weighted by atomic mass is 35.5. The van der Waals surface area contributed by atoms with Crippen LogP contribution in [0, 0.1) is 0 Å². The molecule has 5 nitrogen and oxygen atoms in total. The van der Waals surface area contributed by atoms with Crippen molar-refractivity contribution in [3.63, 3.8) is 0 Å². The Kier molecular flexibility index (Phi) is 7.65. The van der Waals surface area contributed by atoms with E-state index in [-0.39, 0.29) is 31.2 Å². The van der Waals surface area contributed by atoms with E-state index in [9.17, 15) is 18.0 Å². The first kappa shape index (κ1) is 20.5. The van der Waals surface area contributed by atoms with Gasteiger partial charge in [0.2, 0.25) is 0 Å². The Hall–Kier alpha value is -1.51. The molecule has 2 aromatic rings. The second kappa shape index (κ2) is 8.21. The Balaban J connectivity index is 0.00000220. The van der Waals surface area contributed by atoms with Gasteiger partial charge in [-0.05, 0) is 11.6 Å². The Morgan fingerprint density at radius 3 is 2.73 bits per heavy atom. The largest absolute Gasteiger partial charge is 0.455 e. The van der Waals surface area contributed by atoms with Gasteiger partial charge in [0.25, 0.3) is 0 Å². The van der Waals surface area contributed by atoms with Gasteiger partial charge in [0.05, 0.1) is 11.7 Å². The quantitative estimate of drug-likeness (QED) is 0.821. The normalized spacial score (nSPS) is 12.2. The van der Waals surface area contributed by atoms with Crippen molar-refractivity contribution in [1.82, 2.24) is 9.97 Å². The predicted molar refractivity (Wildman–Crippen MR) is 79.3 cm³/mol. The number of nitrogens with one attached hydrogen (secondary N) is 1. The van der Waals surface area contributed by atoms with Gasteiger partial charge in [-0.3, -0.25) is 9.78 Å². The molecule has 3 N–H and O–H groups in total. The molecule has 22 heavy (non-hydrogen) atoms. The van der Waals surface area contributed by atoms with Crippen molar-refractivity contribution in [2.24, 2.45) is 5.73 Å². The van der Waals surface area contributed by atoms with Crippen molar-refractivity contribution in [3.05, 3.63) is 30.2 Å². The summed E-state index contributed by atoms with van der Waals surface area (Å²) in [6.45, 7) is -1.63. The molecule has 0 aliphatic heterocycles. The zero-order valence-electron chi connectivity index (χ0n) is 11.1. The lowest BCUT2D eigenvalue weighted by Crippen LogP contribution is -2.36. The molecule has 0 fully saturated rings. The molecule has 124 valence electrons. The van der Waals surface area contributed by atoms with E-state index in [4.69, 9.17) is 5.73 Å². The fraction of sp³-hybridized carbons (Fsp3) is 0.333. The van der Waals surface area contributed by atoms with Crippen molar-refractivity contribution < 1.29 is 22.7 Å². The number of fused-ring (bicyclic) bond motifs is 1. The number of alkyl halides is 3. The number of H-pyrrole nitrogens is 1. The van der Waals surface area contributed by atoms with E-state index in [0.29, 0.717) is 0 Å². The maximum absolute atomic E-state index is 11.9. The number of rotatable bonds is 4. The van der Waals surface area contributed by atoms with Gasteiger partial charge in [-0.1, -0.05) is 0 Å². The fourth-order valence-electron chi connectivity index (χ4n) is 1.78.